The molecule has 0 radical (unpaired) electrons. The van der Waals surface area contributed by atoms with Gasteiger partial charge >= 0.3 is 5.97 Å². The van der Waals surface area contributed by atoms with Gasteiger partial charge in [0.15, 0.2) is 11.3 Å². The number of methoxy groups -OCH3 is 1. The fourth-order valence-electron chi connectivity index (χ4n) is 2.72. The molecule has 2 heterocycles. The highest BCUT2D eigenvalue weighted by Gasteiger charge is 2.26. The maximum Gasteiger partial charge on any atom is 0.358 e. The summed E-state index contributed by atoms with van der Waals surface area (Å²) < 4.78 is 6.84. The summed E-state index contributed by atoms with van der Waals surface area (Å²) in [6.07, 6.45) is 3.72. The van der Waals surface area contributed by atoms with Gasteiger partial charge in [0.2, 0.25) is 0 Å². The first kappa shape index (κ1) is 13.6. The molecular weight excluding hydrogens is 268 g/mol. The van der Waals surface area contributed by atoms with Crippen molar-refractivity contribution in [2.75, 3.05) is 7.11 Å². The minimum absolute atomic E-state index is 0.235. The first-order chi connectivity index (χ1) is 10.2. The van der Waals surface area contributed by atoms with Gasteiger partial charge in [-0.3, -0.25) is 0 Å². The van der Waals surface area contributed by atoms with Crippen molar-refractivity contribution in [1.29, 1.82) is 5.26 Å². The van der Waals surface area contributed by atoms with Crippen LogP contribution in [0.3, 0.4) is 0 Å². The van der Waals surface area contributed by atoms with Gasteiger partial charge in [-0.2, -0.15) is 5.26 Å². The zero-order valence-electron chi connectivity index (χ0n) is 12.1. The SMILES string of the molecule is COC(=O)c1nc2cc(CC#N)n(C3CCC3)c2nc1C. The molecule has 2 aromatic rings. The molecule has 1 aliphatic rings. The van der Waals surface area contributed by atoms with Crippen molar-refractivity contribution in [2.24, 2.45) is 0 Å². The zero-order chi connectivity index (χ0) is 15.0. The molecule has 2 aromatic heterocycles. The van der Waals surface area contributed by atoms with Gasteiger partial charge in [-0.15, -0.1) is 0 Å². The second kappa shape index (κ2) is 5.17. The highest BCUT2D eigenvalue weighted by atomic mass is 16.5. The maximum atomic E-state index is 11.7. The third-order valence-corrected chi connectivity index (χ3v) is 4.00. The molecule has 0 saturated heterocycles. The predicted molar refractivity (Wildman–Crippen MR) is 75.8 cm³/mol. The predicted octanol–water partition coefficient (Wildman–Crippen LogP) is 2.32. The van der Waals surface area contributed by atoms with E-state index in [2.05, 4.69) is 20.6 Å². The van der Waals surface area contributed by atoms with Gasteiger partial charge in [-0.25, -0.2) is 14.8 Å². The molecule has 0 unspecified atom stereocenters. The van der Waals surface area contributed by atoms with Crippen LogP contribution in [0.15, 0.2) is 6.07 Å². The number of fused-ring (bicyclic) bond motifs is 1. The number of nitriles is 1. The summed E-state index contributed by atoms with van der Waals surface area (Å²) in [5, 5.41) is 9.00. The lowest BCUT2D eigenvalue weighted by molar-refractivity contribution is 0.0593. The summed E-state index contributed by atoms with van der Waals surface area (Å²) in [6, 6.07) is 4.43. The van der Waals surface area contributed by atoms with Crippen LogP contribution < -0.4 is 0 Å². The van der Waals surface area contributed by atoms with Crippen molar-refractivity contribution in [1.82, 2.24) is 14.5 Å². The lowest BCUT2D eigenvalue weighted by Crippen LogP contribution is -2.19. The molecular formula is C15H16N4O2. The molecule has 3 rings (SSSR count). The third kappa shape index (κ3) is 2.15. The molecule has 21 heavy (non-hydrogen) atoms. The molecule has 0 aliphatic heterocycles. The highest BCUT2D eigenvalue weighted by molar-refractivity contribution is 5.90. The monoisotopic (exact) mass is 284 g/mol. The standard InChI is InChI=1S/C15H16N4O2/c1-9-13(15(20)21-2)18-12-8-11(6-7-16)19(14(12)17-9)10-4-3-5-10/h8,10H,3-6H2,1-2H3. The van der Waals surface area contributed by atoms with Crippen LogP contribution in [-0.4, -0.2) is 27.6 Å². The topological polar surface area (TPSA) is 80.8 Å². The van der Waals surface area contributed by atoms with E-state index in [9.17, 15) is 4.79 Å². The number of carbonyl (C=O) groups excluding carboxylic acids is 1. The number of hydrogen-bond donors (Lipinski definition) is 0. The van der Waals surface area contributed by atoms with E-state index < -0.39 is 5.97 Å². The van der Waals surface area contributed by atoms with Crippen molar-refractivity contribution >= 4 is 17.1 Å². The number of ether oxygens (including phenoxy) is 1. The van der Waals surface area contributed by atoms with Crippen LogP contribution in [0.25, 0.3) is 11.2 Å². The Kier molecular flexibility index (Phi) is 3.34. The average molecular weight is 284 g/mol. The number of aromatic nitrogens is 3. The maximum absolute atomic E-state index is 11.7. The van der Waals surface area contributed by atoms with E-state index >= 15 is 0 Å². The van der Waals surface area contributed by atoms with Gasteiger partial charge < -0.3 is 9.30 Å². The Morgan fingerprint density at radius 1 is 1.52 bits per heavy atom. The minimum Gasteiger partial charge on any atom is -0.464 e. The van der Waals surface area contributed by atoms with Crippen LogP contribution in [-0.2, 0) is 11.2 Å². The van der Waals surface area contributed by atoms with Gasteiger partial charge in [-0.1, -0.05) is 0 Å². The lowest BCUT2D eigenvalue weighted by atomic mass is 9.92. The first-order valence-corrected chi connectivity index (χ1v) is 6.99. The van der Waals surface area contributed by atoms with Crippen LogP contribution in [0.4, 0.5) is 0 Å². The summed E-state index contributed by atoms with van der Waals surface area (Å²) >= 11 is 0. The molecule has 1 fully saturated rings. The van der Waals surface area contributed by atoms with Crippen molar-refractivity contribution in [2.45, 2.75) is 38.6 Å². The average Bonchev–Trinajstić information content (AvgIpc) is 2.74. The van der Waals surface area contributed by atoms with E-state index in [1.807, 2.05) is 6.07 Å². The van der Waals surface area contributed by atoms with Crippen molar-refractivity contribution in [3.63, 3.8) is 0 Å². The second-order valence-electron chi connectivity index (χ2n) is 5.28. The lowest BCUT2D eigenvalue weighted by Gasteiger charge is -2.29. The first-order valence-electron chi connectivity index (χ1n) is 6.99. The van der Waals surface area contributed by atoms with E-state index in [-0.39, 0.29) is 5.69 Å². The summed E-state index contributed by atoms with van der Waals surface area (Å²) in [7, 11) is 1.33. The fraction of sp³-hybridized carbons (Fsp3) is 0.467. The Hall–Kier alpha value is -2.42. The van der Waals surface area contributed by atoms with E-state index in [1.165, 1.54) is 13.5 Å². The summed E-state index contributed by atoms with van der Waals surface area (Å²) in [5.74, 6) is -0.486. The van der Waals surface area contributed by atoms with E-state index in [1.54, 1.807) is 6.92 Å². The molecule has 6 nitrogen and oxygen atoms in total. The summed E-state index contributed by atoms with van der Waals surface area (Å²) in [5.41, 5.74) is 3.11. The molecule has 0 bridgehead atoms. The molecule has 0 aromatic carbocycles. The molecule has 1 saturated carbocycles. The molecule has 1 aliphatic carbocycles. The largest absolute Gasteiger partial charge is 0.464 e. The van der Waals surface area contributed by atoms with Crippen molar-refractivity contribution in [3.05, 3.63) is 23.1 Å². The fourth-order valence-corrected chi connectivity index (χ4v) is 2.72. The number of esters is 1. The highest BCUT2D eigenvalue weighted by Crippen LogP contribution is 2.36. The van der Waals surface area contributed by atoms with Crippen molar-refractivity contribution in [3.8, 4) is 6.07 Å². The van der Waals surface area contributed by atoms with Crippen molar-refractivity contribution < 1.29 is 9.53 Å². The molecule has 0 spiro atoms. The summed E-state index contributed by atoms with van der Waals surface area (Å²) in [4.78, 5) is 20.6. The normalized spacial score (nSPS) is 14.7. The Bertz CT molecular complexity index is 753. The number of hydrogen-bond acceptors (Lipinski definition) is 5. The Morgan fingerprint density at radius 2 is 2.29 bits per heavy atom. The number of aryl methyl sites for hydroxylation is 1. The van der Waals surface area contributed by atoms with Gasteiger partial charge in [0, 0.05) is 11.7 Å². The van der Waals surface area contributed by atoms with Gasteiger partial charge in [0.25, 0.3) is 0 Å². The Balaban J connectivity index is 2.19. The smallest absolute Gasteiger partial charge is 0.358 e. The second-order valence-corrected chi connectivity index (χ2v) is 5.28. The third-order valence-electron chi connectivity index (χ3n) is 4.00. The van der Waals surface area contributed by atoms with E-state index in [0.717, 1.165) is 24.2 Å². The number of nitrogens with zero attached hydrogens (tertiary/aromatic N) is 4. The summed E-state index contributed by atoms with van der Waals surface area (Å²) in [6.45, 7) is 1.75. The number of rotatable bonds is 3. The minimum atomic E-state index is -0.486. The molecule has 0 N–H and O–H groups in total. The number of carbonyl (C=O) groups is 1. The van der Waals surface area contributed by atoms with Crippen LogP contribution >= 0.6 is 0 Å². The van der Waals surface area contributed by atoms with Gasteiger partial charge in [0.1, 0.15) is 5.52 Å². The van der Waals surface area contributed by atoms with Gasteiger partial charge in [0.05, 0.1) is 25.3 Å². The Morgan fingerprint density at radius 3 is 2.86 bits per heavy atom. The molecule has 108 valence electrons. The van der Waals surface area contributed by atoms with E-state index in [0.29, 0.717) is 23.7 Å². The van der Waals surface area contributed by atoms with Gasteiger partial charge in [-0.05, 0) is 32.3 Å². The zero-order valence-corrected chi connectivity index (χ0v) is 12.1. The molecule has 6 heteroatoms. The van der Waals surface area contributed by atoms with Crippen LogP contribution in [0.1, 0.15) is 47.2 Å². The van der Waals surface area contributed by atoms with Crippen LogP contribution in [0, 0.1) is 18.3 Å². The molecule has 0 amide bonds. The van der Waals surface area contributed by atoms with Crippen LogP contribution in [0.2, 0.25) is 0 Å². The Labute approximate surface area is 122 Å². The van der Waals surface area contributed by atoms with Crippen LogP contribution in [0.5, 0.6) is 0 Å². The molecule has 0 atom stereocenters. The quantitative estimate of drug-likeness (QED) is 0.808. The van der Waals surface area contributed by atoms with E-state index in [4.69, 9.17) is 10.00 Å².